The summed E-state index contributed by atoms with van der Waals surface area (Å²) in [5.74, 6) is 0. The van der Waals surface area contributed by atoms with Crippen LogP contribution in [0.2, 0.25) is 13.1 Å². The summed E-state index contributed by atoms with van der Waals surface area (Å²) in [6.07, 6.45) is 2.61. The average molecular weight is 430 g/mol. The van der Waals surface area contributed by atoms with Crippen molar-refractivity contribution in [2.24, 2.45) is 0 Å². The largest absolute Gasteiger partial charge is 0.332 e. The molecule has 1 aliphatic carbocycles. The second kappa shape index (κ2) is 8.27. The molecule has 3 aromatic rings. The Balaban J connectivity index is 1.87. The Labute approximate surface area is 184 Å². The molecule has 4 rings (SSSR count). The van der Waals surface area contributed by atoms with Crippen molar-refractivity contribution in [2.75, 3.05) is 0 Å². The molecule has 1 N–H and O–H groups in total. The molecule has 1 unspecified atom stereocenters. The first-order valence-electron chi connectivity index (χ1n) is 10.8. The van der Waals surface area contributed by atoms with Crippen LogP contribution in [-0.2, 0) is 0 Å². The quantitative estimate of drug-likeness (QED) is 0.366. The minimum atomic E-state index is -1.76. The van der Waals surface area contributed by atoms with Crippen molar-refractivity contribution >= 4 is 32.1 Å². The van der Waals surface area contributed by atoms with Crippen molar-refractivity contribution in [3.05, 3.63) is 102 Å². The topological polar surface area (TPSA) is 12.0 Å². The van der Waals surface area contributed by atoms with Crippen LogP contribution in [0, 0.1) is 0 Å². The maximum atomic E-state index is 4.02. The van der Waals surface area contributed by atoms with Crippen molar-refractivity contribution in [3.8, 4) is 0 Å². The van der Waals surface area contributed by atoms with Gasteiger partial charge < -0.3 is 4.98 Å². The number of rotatable bonds is 5. The van der Waals surface area contributed by atoms with Crippen LogP contribution in [0.5, 0.6) is 0 Å². The van der Waals surface area contributed by atoms with Crippen LogP contribution < -0.4 is 15.6 Å². The van der Waals surface area contributed by atoms with Gasteiger partial charge in [0, 0.05) is 11.1 Å². The van der Waals surface area contributed by atoms with Crippen LogP contribution >= 0.6 is 7.92 Å². The van der Waals surface area contributed by atoms with Gasteiger partial charge in [-0.2, -0.15) is 0 Å². The number of benzene rings is 3. The van der Waals surface area contributed by atoms with E-state index in [0.717, 1.165) is 0 Å². The summed E-state index contributed by atoms with van der Waals surface area (Å²) < 4.78 is 0. The monoisotopic (exact) mass is 429 g/mol. The van der Waals surface area contributed by atoms with E-state index in [0.29, 0.717) is 5.54 Å². The lowest BCUT2D eigenvalue weighted by Crippen LogP contribution is -2.57. The molecule has 0 saturated heterocycles. The lowest BCUT2D eigenvalue weighted by atomic mass is 10.1. The molecule has 0 radical (unpaired) electrons. The summed E-state index contributed by atoms with van der Waals surface area (Å²) in [4.78, 5) is 4.02. The van der Waals surface area contributed by atoms with Gasteiger partial charge in [0.1, 0.15) is 8.24 Å². The van der Waals surface area contributed by atoms with E-state index in [1.165, 1.54) is 27.1 Å². The number of hydrogen-bond acceptors (Lipinski definition) is 1. The van der Waals surface area contributed by atoms with E-state index in [1.54, 1.807) is 0 Å². The van der Waals surface area contributed by atoms with E-state index in [4.69, 9.17) is 0 Å². The minimum absolute atomic E-state index is 0.116. The lowest BCUT2D eigenvalue weighted by molar-refractivity contribution is 0.509. The van der Waals surface area contributed by atoms with Crippen LogP contribution in [0.15, 0.2) is 91.0 Å². The Kier molecular flexibility index (Phi) is 5.85. The average Bonchev–Trinajstić information content (AvgIpc) is 3.09. The smallest absolute Gasteiger partial charge is 0.131 e. The molecule has 1 aliphatic rings. The van der Waals surface area contributed by atoms with Crippen molar-refractivity contribution in [2.45, 2.75) is 44.9 Å². The molecule has 0 bridgehead atoms. The summed E-state index contributed by atoms with van der Waals surface area (Å²) in [6.45, 7) is 11.8. The predicted molar refractivity (Wildman–Crippen MR) is 137 cm³/mol. The van der Waals surface area contributed by atoms with Crippen molar-refractivity contribution in [3.63, 3.8) is 0 Å². The first-order valence-corrected chi connectivity index (χ1v) is 15.2. The molecule has 0 saturated carbocycles. The summed E-state index contributed by atoms with van der Waals surface area (Å²) in [6, 6.07) is 31.2. The van der Waals surface area contributed by atoms with E-state index in [2.05, 4.69) is 130 Å². The fraction of sp³-hybridized carbons (Fsp3) is 0.259. The highest BCUT2D eigenvalue weighted by atomic mass is 31.1. The highest BCUT2D eigenvalue weighted by molar-refractivity contribution is 7.82. The van der Waals surface area contributed by atoms with E-state index < -0.39 is 16.2 Å². The molecule has 0 heterocycles. The standard InChI is InChI=1S/C27H32NPSi/c1-27(2,3)28-30(4,5)26-20-25(23-18-12-13-19-24(23)26)29(21-14-8-6-9-15-21)22-16-10-7-11-17-22/h6-20,26,28H,1-5H3. The molecule has 154 valence electrons. The van der Waals surface area contributed by atoms with E-state index in [9.17, 15) is 0 Å². The zero-order valence-electron chi connectivity index (χ0n) is 18.7. The summed E-state index contributed by atoms with van der Waals surface area (Å²) >= 11 is 0. The first-order chi connectivity index (χ1) is 14.3. The summed E-state index contributed by atoms with van der Waals surface area (Å²) in [5, 5.41) is 4.35. The first kappa shape index (κ1) is 21.2. The fourth-order valence-corrected chi connectivity index (χ4v) is 11.1. The fourth-order valence-electron chi connectivity index (χ4n) is 4.76. The van der Waals surface area contributed by atoms with Gasteiger partial charge in [-0.1, -0.05) is 104 Å². The molecule has 1 nitrogen and oxygen atoms in total. The maximum Gasteiger partial charge on any atom is 0.131 e. The van der Waals surface area contributed by atoms with Gasteiger partial charge in [0.25, 0.3) is 0 Å². The normalized spacial score (nSPS) is 16.5. The van der Waals surface area contributed by atoms with Gasteiger partial charge in [-0.3, -0.25) is 0 Å². The second-order valence-corrected chi connectivity index (χ2v) is 16.2. The molecule has 0 fully saturated rings. The molecule has 30 heavy (non-hydrogen) atoms. The molecule has 3 heteroatoms. The third-order valence-electron chi connectivity index (χ3n) is 5.64. The molecule has 1 atom stereocenters. The molecule has 0 amide bonds. The predicted octanol–water partition coefficient (Wildman–Crippen LogP) is 6.39. The Hall–Kier alpha value is -1.99. The van der Waals surface area contributed by atoms with Crippen LogP contribution in [0.4, 0.5) is 0 Å². The number of allylic oxidation sites excluding steroid dienone is 1. The van der Waals surface area contributed by atoms with Crippen molar-refractivity contribution in [1.29, 1.82) is 0 Å². The molecule has 0 spiro atoms. The molecular weight excluding hydrogens is 397 g/mol. The van der Waals surface area contributed by atoms with E-state index in [-0.39, 0.29) is 5.54 Å². The Morgan fingerprint density at radius 2 is 1.23 bits per heavy atom. The highest BCUT2D eigenvalue weighted by Crippen LogP contribution is 2.55. The highest BCUT2D eigenvalue weighted by Gasteiger charge is 2.40. The van der Waals surface area contributed by atoms with Gasteiger partial charge in [0.15, 0.2) is 0 Å². The van der Waals surface area contributed by atoms with Crippen LogP contribution in [0.1, 0.15) is 37.4 Å². The number of fused-ring (bicyclic) bond motifs is 1. The third-order valence-corrected chi connectivity index (χ3v) is 11.6. The van der Waals surface area contributed by atoms with Gasteiger partial charge in [-0.25, -0.2) is 0 Å². The maximum absolute atomic E-state index is 4.02. The Morgan fingerprint density at radius 1 is 0.733 bits per heavy atom. The van der Waals surface area contributed by atoms with Gasteiger partial charge in [-0.05, 0) is 55.7 Å². The Morgan fingerprint density at radius 3 is 1.77 bits per heavy atom. The summed E-state index contributed by atoms with van der Waals surface area (Å²) in [5.41, 5.74) is 3.53. The minimum Gasteiger partial charge on any atom is -0.332 e. The van der Waals surface area contributed by atoms with Gasteiger partial charge in [-0.15, -0.1) is 0 Å². The summed E-state index contributed by atoms with van der Waals surface area (Å²) in [7, 11) is -2.35. The van der Waals surface area contributed by atoms with Gasteiger partial charge in [0.05, 0.1) is 0 Å². The van der Waals surface area contributed by atoms with Crippen LogP contribution in [-0.4, -0.2) is 13.8 Å². The third kappa shape index (κ3) is 4.37. The zero-order valence-corrected chi connectivity index (χ0v) is 20.6. The zero-order chi connectivity index (χ0) is 21.4. The second-order valence-electron chi connectivity index (χ2n) is 9.72. The van der Waals surface area contributed by atoms with Crippen LogP contribution in [0.3, 0.4) is 0 Å². The van der Waals surface area contributed by atoms with E-state index >= 15 is 0 Å². The SMILES string of the molecule is CC(C)(C)N[Si](C)(C)C1C=C(P(c2ccccc2)c2ccccc2)c2ccccc21. The Bertz CT molecular complexity index is 996. The molecular formula is C27H32NPSi. The van der Waals surface area contributed by atoms with E-state index in [1.807, 2.05) is 0 Å². The van der Waals surface area contributed by atoms with Gasteiger partial charge in [0.2, 0.25) is 0 Å². The number of hydrogen-bond donors (Lipinski definition) is 1. The van der Waals surface area contributed by atoms with Crippen molar-refractivity contribution in [1.82, 2.24) is 4.98 Å². The lowest BCUT2D eigenvalue weighted by Gasteiger charge is -2.37. The van der Waals surface area contributed by atoms with Crippen LogP contribution in [0.25, 0.3) is 5.31 Å². The molecule has 3 aromatic carbocycles. The molecule has 0 aliphatic heterocycles. The van der Waals surface area contributed by atoms with Crippen molar-refractivity contribution < 1.29 is 0 Å². The molecule has 0 aromatic heterocycles. The van der Waals surface area contributed by atoms with Gasteiger partial charge >= 0.3 is 0 Å². The number of nitrogens with one attached hydrogen (secondary N) is 1.